The molecule has 0 unspecified atom stereocenters. The Balaban J connectivity index is 2.11. The molecule has 1 aromatic rings. The van der Waals surface area contributed by atoms with E-state index in [1.807, 2.05) is 6.07 Å². The summed E-state index contributed by atoms with van der Waals surface area (Å²) in [4.78, 5) is 10.7. The average Bonchev–Trinajstić information content (AvgIpc) is 2.66. The zero-order chi connectivity index (χ0) is 10.8. The van der Waals surface area contributed by atoms with E-state index in [1.54, 1.807) is 18.2 Å². The molecule has 0 spiro atoms. The molecule has 4 nitrogen and oxygen atoms in total. The predicted octanol–water partition coefficient (Wildman–Crippen LogP) is 1.27. The quantitative estimate of drug-likeness (QED) is 0.683. The normalized spacial score (nSPS) is 25.3. The first-order valence-electron chi connectivity index (χ1n) is 4.94. The van der Waals surface area contributed by atoms with Crippen molar-refractivity contribution in [2.45, 2.75) is 24.9 Å². The molecule has 0 radical (unpaired) electrons. The summed E-state index contributed by atoms with van der Waals surface area (Å²) in [6, 6.07) is 6.51. The molecule has 3 N–H and O–H groups in total. The van der Waals surface area contributed by atoms with E-state index >= 15 is 0 Å². The summed E-state index contributed by atoms with van der Waals surface area (Å²) in [7, 11) is 0. The minimum atomic E-state index is -0.808. The van der Waals surface area contributed by atoms with Crippen LogP contribution in [0.1, 0.15) is 24.4 Å². The van der Waals surface area contributed by atoms with Crippen molar-refractivity contribution in [3.05, 3.63) is 29.8 Å². The lowest BCUT2D eigenvalue weighted by Crippen LogP contribution is -2.31. The van der Waals surface area contributed by atoms with Crippen molar-refractivity contribution in [1.82, 2.24) is 5.32 Å². The van der Waals surface area contributed by atoms with Crippen LogP contribution in [0.4, 0.5) is 0 Å². The number of carbonyl (C=O) groups is 1. The highest BCUT2D eigenvalue weighted by atomic mass is 16.4. The van der Waals surface area contributed by atoms with Crippen molar-refractivity contribution in [2.75, 3.05) is 0 Å². The Hall–Kier alpha value is -1.55. The van der Waals surface area contributed by atoms with Gasteiger partial charge in [0, 0.05) is 6.04 Å². The van der Waals surface area contributed by atoms with Gasteiger partial charge in [0.25, 0.3) is 0 Å². The second-order valence-electron chi connectivity index (χ2n) is 3.78. The van der Waals surface area contributed by atoms with E-state index in [2.05, 4.69) is 5.32 Å². The molecule has 1 saturated heterocycles. The Labute approximate surface area is 87.6 Å². The fourth-order valence-electron chi connectivity index (χ4n) is 1.94. The maximum absolute atomic E-state index is 10.7. The van der Waals surface area contributed by atoms with Crippen LogP contribution in [0.2, 0.25) is 0 Å². The van der Waals surface area contributed by atoms with Gasteiger partial charge in [-0.2, -0.15) is 0 Å². The number of phenols is 1. The lowest BCUT2D eigenvalue weighted by atomic mass is 10.1. The Bertz CT molecular complexity index is 378. The number of aliphatic carboxylic acids is 1. The third-order valence-electron chi connectivity index (χ3n) is 2.72. The molecule has 80 valence electrons. The van der Waals surface area contributed by atoms with Crippen molar-refractivity contribution in [3.8, 4) is 5.75 Å². The van der Waals surface area contributed by atoms with Gasteiger partial charge in [-0.1, -0.05) is 12.1 Å². The highest BCUT2D eigenvalue weighted by Crippen LogP contribution is 2.28. The molecule has 0 amide bonds. The molecular formula is C11H13NO3. The Morgan fingerprint density at radius 1 is 1.40 bits per heavy atom. The van der Waals surface area contributed by atoms with E-state index in [9.17, 15) is 9.90 Å². The van der Waals surface area contributed by atoms with Crippen LogP contribution in [0.25, 0.3) is 0 Å². The molecular weight excluding hydrogens is 194 g/mol. The monoisotopic (exact) mass is 207 g/mol. The molecule has 2 rings (SSSR count). The molecule has 1 aliphatic rings. The second-order valence-corrected chi connectivity index (χ2v) is 3.78. The largest absolute Gasteiger partial charge is 0.508 e. The van der Waals surface area contributed by atoms with E-state index in [-0.39, 0.29) is 11.8 Å². The standard InChI is InChI=1S/C11H13NO3/c13-8-3-1-2-7(6-8)9-4-5-10(12-9)11(14)15/h1-3,6,9-10,12-13H,4-5H2,(H,14,15)/t9-,10-/m0/s1. The van der Waals surface area contributed by atoms with E-state index in [1.165, 1.54) is 0 Å². The summed E-state index contributed by atoms with van der Waals surface area (Å²) in [5, 5.41) is 21.1. The average molecular weight is 207 g/mol. The first-order valence-corrected chi connectivity index (χ1v) is 4.94. The predicted molar refractivity (Wildman–Crippen MR) is 54.6 cm³/mol. The van der Waals surface area contributed by atoms with Crippen molar-refractivity contribution >= 4 is 5.97 Å². The van der Waals surface area contributed by atoms with Gasteiger partial charge in [-0.05, 0) is 30.5 Å². The number of benzene rings is 1. The third-order valence-corrected chi connectivity index (χ3v) is 2.72. The summed E-state index contributed by atoms with van der Waals surface area (Å²) in [5.74, 6) is -0.592. The molecule has 0 aromatic heterocycles. The fourth-order valence-corrected chi connectivity index (χ4v) is 1.94. The summed E-state index contributed by atoms with van der Waals surface area (Å²) >= 11 is 0. The fraction of sp³-hybridized carbons (Fsp3) is 0.364. The van der Waals surface area contributed by atoms with Gasteiger partial charge < -0.3 is 10.2 Å². The molecule has 2 atom stereocenters. The number of rotatable bonds is 2. The van der Waals surface area contributed by atoms with Gasteiger partial charge in [0.2, 0.25) is 0 Å². The SMILES string of the molecule is O=C(O)[C@@H]1CC[C@@H](c2cccc(O)c2)N1. The van der Waals surface area contributed by atoms with Crippen molar-refractivity contribution in [3.63, 3.8) is 0 Å². The minimum absolute atomic E-state index is 0.0400. The minimum Gasteiger partial charge on any atom is -0.508 e. The number of carboxylic acids is 1. The zero-order valence-electron chi connectivity index (χ0n) is 8.18. The van der Waals surface area contributed by atoms with Gasteiger partial charge >= 0.3 is 5.97 Å². The van der Waals surface area contributed by atoms with Crippen LogP contribution >= 0.6 is 0 Å². The van der Waals surface area contributed by atoms with Gasteiger partial charge in [-0.3, -0.25) is 10.1 Å². The van der Waals surface area contributed by atoms with Crippen LogP contribution in [0.5, 0.6) is 5.75 Å². The van der Waals surface area contributed by atoms with Crippen LogP contribution in [-0.2, 0) is 4.79 Å². The van der Waals surface area contributed by atoms with E-state index in [0.29, 0.717) is 6.42 Å². The molecule has 4 heteroatoms. The maximum Gasteiger partial charge on any atom is 0.320 e. The lowest BCUT2D eigenvalue weighted by molar-refractivity contribution is -0.139. The van der Waals surface area contributed by atoms with Crippen molar-refractivity contribution in [1.29, 1.82) is 0 Å². The number of nitrogens with one attached hydrogen (secondary N) is 1. The van der Waals surface area contributed by atoms with Gasteiger partial charge in [-0.15, -0.1) is 0 Å². The Morgan fingerprint density at radius 3 is 2.80 bits per heavy atom. The topological polar surface area (TPSA) is 69.6 Å². The molecule has 1 aliphatic heterocycles. The lowest BCUT2D eigenvalue weighted by Gasteiger charge is -2.12. The number of aromatic hydroxyl groups is 1. The van der Waals surface area contributed by atoms with Crippen LogP contribution in [0.3, 0.4) is 0 Å². The van der Waals surface area contributed by atoms with Gasteiger partial charge in [0.1, 0.15) is 11.8 Å². The van der Waals surface area contributed by atoms with Gasteiger partial charge in [-0.25, -0.2) is 0 Å². The van der Waals surface area contributed by atoms with Crippen LogP contribution < -0.4 is 5.32 Å². The third kappa shape index (κ3) is 2.10. The summed E-state index contributed by atoms with van der Waals surface area (Å²) < 4.78 is 0. The van der Waals surface area contributed by atoms with Crippen LogP contribution in [0, 0.1) is 0 Å². The zero-order valence-corrected chi connectivity index (χ0v) is 8.18. The summed E-state index contributed by atoms with van der Waals surface area (Å²) in [6.45, 7) is 0. The van der Waals surface area contributed by atoms with Crippen molar-refractivity contribution in [2.24, 2.45) is 0 Å². The number of hydrogen-bond acceptors (Lipinski definition) is 3. The van der Waals surface area contributed by atoms with Gasteiger partial charge in [0.15, 0.2) is 0 Å². The molecule has 0 saturated carbocycles. The van der Waals surface area contributed by atoms with Crippen molar-refractivity contribution < 1.29 is 15.0 Å². The Kier molecular flexibility index (Phi) is 2.60. The van der Waals surface area contributed by atoms with Crippen LogP contribution in [-0.4, -0.2) is 22.2 Å². The molecule has 1 fully saturated rings. The number of phenolic OH excluding ortho intramolecular Hbond substituents is 1. The molecule has 0 bridgehead atoms. The first kappa shape index (κ1) is 9.98. The second kappa shape index (κ2) is 3.90. The first-order chi connectivity index (χ1) is 7.16. The maximum atomic E-state index is 10.7. The molecule has 15 heavy (non-hydrogen) atoms. The summed E-state index contributed by atoms with van der Waals surface area (Å²) in [5.41, 5.74) is 0.943. The Morgan fingerprint density at radius 2 is 2.20 bits per heavy atom. The molecule has 0 aliphatic carbocycles. The molecule has 1 heterocycles. The number of hydrogen-bond donors (Lipinski definition) is 3. The smallest absolute Gasteiger partial charge is 0.320 e. The van der Waals surface area contributed by atoms with Gasteiger partial charge in [0.05, 0.1) is 0 Å². The van der Waals surface area contributed by atoms with Crippen LogP contribution in [0.15, 0.2) is 24.3 Å². The summed E-state index contributed by atoms with van der Waals surface area (Å²) in [6.07, 6.45) is 1.43. The number of carboxylic acid groups (broad SMARTS) is 1. The van der Waals surface area contributed by atoms with E-state index in [4.69, 9.17) is 5.11 Å². The molecule has 1 aromatic carbocycles. The van der Waals surface area contributed by atoms with E-state index in [0.717, 1.165) is 12.0 Å². The van der Waals surface area contributed by atoms with E-state index < -0.39 is 12.0 Å². The highest BCUT2D eigenvalue weighted by molar-refractivity contribution is 5.73. The highest BCUT2D eigenvalue weighted by Gasteiger charge is 2.29.